The van der Waals surface area contributed by atoms with Crippen molar-refractivity contribution < 1.29 is 17.9 Å². The zero-order valence-corrected chi connectivity index (χ0v) is 20.3. The number of nitrogens with one attached hydrogen (secondary N) is 1. The lowest BCUT2D eigenvalue weighted by Crippen LogP contribution is -2.53. The first-order valence-electron chi connectivity index (χ1n) is 10.6. The Balaban J connectivity index is 1.63. The van der Waals surface area contributed by atoms with Crippen LogP contribution in [0.3, 0.4) is 0 Å². The van der Waals surface area contributed by atoms with Gasteiger partial charge >= 0.3 is 0 Å². The lowest BCUT2D eigenvalue weighted by Gasteiger charge is -2.39. The molecule has 0 saturated carbocycles. The van der Waals surface area contributed by atoms with Crippen molar-refractivity contribution in [1.29, 1.82) is 0 Å². The molecule has 0 bridgehead atoms. The summed E-state index contributed by atoms with van der Waals surface area (Å²) in [6.45, 7) is 6.37. The lowest BCUT2D eigenvalue weighted by atomic mass is 9.94. The van der Waals surface area contributed by atoms with E-state index in [1.165, 1.54) is 4.31 Å². The Morgan fingerprint density at radius 1 is 1.20 bits per heavy atom. The molecule has 0 unspecified atom stereocenters. The van der Waals surface area contributed by atoms with Gasteiger partial charge in [-0.2, -0.15) is 17.0 Å². The molecule has 2 saturated heterocycles. The Hall–Kier alpha value is -1.16. The van der Waals surface area contributed by atoms with Crippen LogP contribution in [-0.2, 0) is 21.5 Å². The number of methoxy groups -OCH3 is 1. The third-order valence-corrected chi connectivity index (χ3v) is 8.37. The predicted octanol–water partition coefficient (Wildman–Crippen LogP) is 3.01. The van der Waals surface area contributed by atoms with Crippen LogP contribution in [0.1, 0.15) is 38.7 Å². The molecular formula is C21H32BrN3O4S. The molecular weight excluding hydrogens is 470 g/mol. The zero-order valence-electron chi connectivity index (χ0n) is 17.9. The SMILES string of the molecule is COc1ccc(Br)cc1CNC(=O)[C@@H]1CCCN(S(=O)(=O)N2C[C@H](C)C[C@@H](C)C2)C1. The van der Waals surface area contributed by atoms with Gasteiger partial charge in [0.2, 0.25) is 5.91 Å². The molecule has 0 aliphatic carbocycles. The van der Waals surface area contributed by atoms with Crippen LogP contribution < -0.4 is 10.1 Å². The second-order valence-corrected chi connectivity index (χ2v) is 11.5. The van der Waals surface area contributed by atoms with Gasteiger partial charge in [-0.25, -0.2) is 0 Å². The van der Waals surface area contributed by atoms with Crippen molar-refractivity contribution in [3.05, 3.63) is 28.2 Å². The van der Waals surface area contributed by atoms with Crippen molar-refractivity contribution in [3.8, 4) is 5.75 Å². The van der Waals surface area contributed by atoms with Gasteiger partial charge in [-0.05, 0) is 49.3 Å². The summed E-state index contributed by atoms with van der Waals surface area (Å²) in [5.41, 5.74) is 0.872. The lowest BCUT2D eigenvalue weighted by molar-refractivity contribution is -0.126. The molecule has 3 rings (SSSR count). The van der Waals surface area contributed by atoms with E-state index < -0.39 is 10.2 Å². The van der Waals surface area contributed by atoms with Gasteiger partial charge in [0.1, 0.15) is 5.75 Å². The number of hydrogen-bond donors (Lipinski definition) is 1. The minimum Gasteiger partial charge on any atom is -0.496 e. The molecule has 1 N–H and O–H groups in total. The molecule has 0 spiro atoms. The summed E-state index contributed by atoms with van der Waals surface area (Å²) in [7, 11) is -1.94. The Kier molecular flexibility index (Phi) is 7.81. The summed E-state index contributed by atoms with van der Waals surface area (Å²) in [4.78, 5) is 12.8. The van der Waals surface area contributed by atoms with Crippen molar-refractivity contribution >= 4 is 32.0 Å². The van der Waals surface area contributed by atoms with Gasteiger partial charge < -0.3 is 10.1 Å². The highest BCUT2D eigenvalue weighted by molar-refractivity contribution is 9.10. The van der Waals surface area contributed by atoms with Crippen molar-refractivity contribution in [1.82, 2.24) is 13.9 Å². The minimum absolute atomic E-state index is 0.114. The van der Waals surface area contributed by atoms with Crippen LogP contribution in [0.2, 0.25) is 0 Å². The van der Waals surface area contributed by atoms with Crippen molar-refractivity contribution in [3.63, 3.8) is 0 Å². The van der Waals surface area contributed by atoms with Crippen LogP contribution in [0.5, 0.6) is 5.75 Å². The van der Waals surface area contributed by atoms with Gasteiger partial charge in [0.05, 0.1) is 13.0 Å². The second kappa shape index (κ2) is 9.97. The van der Waals surface area contributed by atoms with E-state index in [-0.39, 0.29) is 18.4 Å². The fraction of sp³-hybridized carbons (Fsp3) is 0.667. The number of piperidine rings is 2. The predicted molar refractivity (Wildman–Crippen MR) is 120 cm³/mol. The van der Waals surface area contributed by atoms with E-state index in [0.29, 0.717) is 56.6 Å². The molecule has 0 radical (unpaired) electrons. The first-order valence-corrected chi connectivity index (χ1v) is 12.7. The normalized spacial score (nSPS) is 26.3. The largest absolute Gasteiger partial charge is 0.496 e. The molecule has 1 amide bonds. The quantitative estimate of drug-likeness (QED) is 0.649. The van der Waals surface area contributed by atoms with E-state index in [0.717, 1.165) is 16.5 Å². The van der Waals surface area contributed by atoms with Crippen molar-refractivity contribution in [2.24, 2.45) is 17.8 Å². The number of hydrogen-bond acceptors (Lipinski definition) is 4. The van der Waals surface area contributed by atoms with Crippen LogP contribution in [-0.4, -0.2) is 56.2 Å². The number of halogens is 1. The zero-order chi connectivity index (χ0) is 21.9. The smallest absolute Gasteiger partial charge is 0.282 e. The van der Waals surface area contributed by atoms with Gasteiger partial charge in [-0.3, -0.25) is 4.79 Å². The van der Waals surface area contributed by atoms with Crippen LogP contribution in [0.15, 0.2) is 22.7 Å². The first kappa shape index (κ1) is 23.5. The highest BCUT2D eigenvalue weighted by Crippen LogP contribution is 2.28. The summed E-state index contributed by atoms with van der Waals surface area (Å²) < 4.78 is 35.8. The Bertz CT molecular complexity index is 854. The third kappa shape index (κ3) is 5.55. The highest BCUT2D eigenvalue weighted by atomic mass is 79.9. The van der Waals surface area contributed by atoms with Crippen LogP contribution >= 0.6 is 15.9 Å². The Labute approximate surface area is 188 Å². The maximum absolute atomic E-state index is 13.2. The molecule has 2 fully saturated rings. The Morgan fingerprint density at radius 2 is 1.90 bits per heavy atom. The summed E-state index contributed by atoms with van der Waals surface area (Å²) in [6.07, 6.45) is 2.44. The monoisotopic (exact) mass is 501 g/mol. The van der Waals surface area contributed by atoms with E-state index in [1.54, 1.807) is 11.4 Å². The molecule has 1 aromatic carbocycles. The molecule has 30 heavy (non-hydrogen) atoms. The number of rotatable bonds is 6. The van der Waals surface area contributed by atoms with Gasteiger partial charge in [-0.15, -0.1) is 0 Å². The van der Waals surface area contributed by atoms with Crippen molar-refractivity contribution in [2.75, 3.05) is 33.3 Å². The number of amides is 1. The fourth-order valence-corrected chi connectivity index (χ4v) is 6.88. The van der Waals surface area contributed by atoms with E-state index in [4.69, 9.17) is 4.74 Å². The van der Waals surface area contributed by atoms with Gasteiger partial charge in [0.15, 0.2) is 0 Å². The molecule has 2 aliphatic heterocycles. The maximum Gasteiger partial charge on any atom is 0.282 e. The average molecular weight is 502 g/mol. The van der Waals surface area contributed by atoms with Crippen LogP contribution in [0.4, 0.5) is 0 Å². The highest BCUT2D eigenvalue weighted by Gasteiger charge is 2.38. The molecule has 168 valence electrons. The van der Waals surface area contributed by atoms with E-state index in [2.05, 4.69) is 35.1 Å². The topological polar surface area (TPSA) is 79.0 Å². The standard InChI is InChI=1S/C21H32BrN3O4S/c1-15-9-16(2)13-25(12-15)30(27,28)24-8-4-5-17(14-24)21(26)23-11-18-10-19(22)6-7-20(18)29-3/h6-7,10,15-17H,4-5,8-9,11-14H2,1-3H3,(H,23,26)/t15-,16-,17-/m1/s1. The second-order valence-electron chi connectivity index (χ2n) is 8.64. The molecule has 9 heteroatoms. The fourth-order valence-electron chi connectivity index (χ4n) is 4.54. The summed E-state index contributed by atoms with van der Waals surface area (Å²) >= 11 is 3.44. The number of ether oxygens (including phenoxy) is 1. The molecule has 7 nitrogen and oxygen atoms in total. The first-order chi connectivity index (χ1) is 14.2. The van der Waals surface area contributed by atoms with Gasteiger partial charge in [0.25, 0.3) is 10.2 Å². The van der Waals surface area contributed by atoms with Crippen LogP contribution in [0.25, 0.3) is 0 Å². The number of carbonyl (C=O) groups excluding carboxylic acids is 1. The van der Waals surface area contributed by atoms with Gasteiger partial charge in [-0.1, -0.05) is 29.8 Å². The van der Waals surface area contributed by atoms with E-state index in [1.807, 2.05) is 18.2 Å². The summed E-state index contributed by atoms with van der Waals surface area (Å²) in [5.74, 6) is 0.962. The summed E-state index contributed by atoms with van der Waals surface area (Å²) in [5, 5.41) is 2.96. The average Bonchev–Trinajstić information content (AvgIpc) is 2.71. The molecule has 2 heterocycles. The Morgan fingerprint density at radius 3 is 2.57 bits per heavy atom. The number of carbonyl (C=O) groups is 1. The third-order valence-electron chi connectivity index (χ3n) is 5.94. The minimum atomic E-state index is -3.54. The summed E-state index contributed by atoms with van der Waals surface area (Å²) in [6, 6.07) is 5.65. The number of nitrogens with zero attached hydrogens (tertiary/aromatic N) is 2. The van der Waals surface area contributed by atoms with Crippen LogP contribution in [0, 0.1) is 17.8 Å². The number of benzene rings is 1. The molecule has 2 aliphatic rings. The molecule has 3 atom stereocenters. The van der Waals surface area contributed by atoms with Gasteiger partial charge in [0, 0.05) is 42.8 Å². The van der Waals surface area contributed by atoms with Crippen molar-refractivity contribution in [2.45, 2.75) is 39.7 Å². The molecule has 1 aromatic rings. The van der Waals surface area contributed by atoms with E-state index in [9.17, 15) is 13.2 Å². The van der Waals surface area contributed by atoms with E-state index >= 15 is 0 Å². The molecule has 0 aromatic heterocycles. The maximum atomic E-state index is 13.2.